The van der Waals surface area contributed by atoms with Crippen molar-refractivity contribution in [1.82, 2.24) is 10.2 Å². The molecule has 0 spiro atoms. The van der Waals surface area contributed by atoms with E-state index in [1.54, 1.807) is 12.1 Å². The Morgan fingerprint density at radius 2 is 2.47 bits per heavy atom. The minimum atomic E-state index is -0.00352. The molecule has 1 fully saturated rings. The van der Waals surface area contributed by atoms with Crippen molar-refractivity contribution in [3.63, 3.8) is 0 Å². The van der Waals surface area contributed by atoms with E-state index in [1.807, 2.05) is 4.90 Å². The maximum atomic E-state index is 12.0. The summed E-state index contributed by atoms with van der Waals surface area (Å²) < 4.78 is 5.13. The largest absolute Gasteiger partial charge is 0.459 e. The third-order valence-electron chi connectivity index (χ3n) is 2.79. The van der Waals surface area contributed by atoms with Crippen LogP contribution in [0.4, 0.5) is 0 Å². The highest BCUT2D eigenvalue weighted by atomic mass is 16.3. The van der Waals surface area contributed by atoms with E-state index in [9.17, 15) is 4.79 Å². The lowest BCUT2D eigenvalue weighted by molar-refractivity contribution is 0.0672. The van der Waals surface area contributed by atoms with Gasteiger partial charge in [0.25, 0.3) is 5.91 Å². The average molecular weight is 208 g/mol. The predicted octanol–water partition coefficient (Wildman–Crippen LogP) is 1.10. The Labute approximate surface area is 89.2 Å². The zero-order valence-corrected chi connectivity index (χ0v) is 8.90. The van der Waals surface area contributed by atoms with Crippen LogP contribution >= 0.6 is 0 Å². The average Bonchev–Trinajstić information content (AvgIpc) is 2.68. The molecule has 0 aliphatic carbocycles. The summed E-state index contributed by atoms with van der Waals surface area (Å²) in [5.41, 5.74) is 0. The number of nitrogens with zero attached hydrogens (tertiary/aromatic N) is 1. The van der Waals surface area contributed by atoms with Gasteiger partial charge in [-0.1, -0.05) is 0 Å². The molecule has 4 heteroatoms. The molecule has 1 saturated heterocycles. The Morgan fingerprint density at radius 3 is 3.20 bits per heavy atom. The van der Waals surface area contributed by atoms with Crippen LogP contribution in [-0.4, -0.2) is 36.5 Å². The smallest absolute Gasteiger partial charge is 0.289 e. The molecule has 0 saturated carbocycles. The molecule has 0 bridgehead atoms. The van der Waals surface area contributed by atoms with Gasteiger partial charge < -0.3 is 14.6 Å². The maximum Gasteiger partial charge on any atom is 0.289 e. The molecule has 1 N–H and O–H groups in total. The van der Waals surface area contributed by atoms with E-state index >= 15 is 0 Å². The zero-order valence-electron chi connectivity index (χ0n) is 8.90. The van der Waals surface area contributed by atoms with Crippen molar-refractivity contribution in [3.8, 4) is 0 Å². The van der Waals surface area contributed by atoms with Crippen LogP contribution in [0.1, 0.15) is 23.9 Å². The molecule has 2 heterocycles. The van der Waals surface area contributed by atoms with Crippen LogP contribution in [0.15, 0.2) is 22.8 Å². The third kappa shape index (κ3) is 2.21. The Morgan fingerprint density at radius 1 is 1.60 bits per heavy atom. The van der Waals surface area contributed by atoms with E-state index in [1.165, 1.54) is 6.26 Å². The maximum absolute atomic E-state index is 12.0. The number of rotatable bonds is 1. The van der Waals surface area contributed by atoms with Crippen molar-refractivity contribution < 1.29 is 9.21 Å². The SMILES string of the molecule is CC1CCNCCN1C(=O)c1ccco1. The number of hydrogen-bond donors (Lipinski definition) is 1. The number of carbonyl (C=O) groups excluding carboxylic acids is 1. The molecule has 82 valence electrons. The Balaban J connectivity index is 2.11. The topological polar surface area (TPSA) is 45.5 Å². The summed E-state index contributed by atoms with van der Waals surface area (Å²) in [5, 5.41) is 3.28. The first kappa shape index (κ1) is 10.2. The second-order valence-corrected chi connectivity index (χ2v) is 3.86. The molecule has 0 radical (unpaired) electrons. The first-order valence-electron chi connectivity index (χ1n) is 5.34. The van der Waals surface area contributed by atoms with Crippen LogP contribution in [0, 0.1) is 0 Å². The van der Waals surface area contributed by atoms with Gasteiger partial charge >= 0.3 is 0 Å². The summed E-state index contributed by atoms with van der Waals surface area (Å²) in [6.45, 7) is 4.66. The fraction of sp³-hybridized carbons (Fsp3) is 0.545. The fourth-order valence-corrected chi connectivity index (χ4v) is 1.86. The molecule has 15 heavy (non-hydrogen) atoms. The first-order valence-corrected chi connectivity index (χ1v) is 5.34. The van der Waals surface area contributed by atoms with Crippen LogP contribution < -0.4 is 5.32 Å². The summed E-state index contributed by atoms with van der Waals surface area (Å²) in [6, 6.07) is 3.74. The second-order valence-electron chi connectivity index (χ2n) is 3.86. The normalized spacial score (nSPS) is 22.5. The van der Waals surface area contributed by atoms with Crippen molar-refractivity contribution in [3.05, 3.63) is 24.2 Å². The molecule has 1 aromatic rings. The number of furan rings is 1. The molecular weight excluding hydrogens is 192 g/mol. The van der Waals surface area contributed by atoms with Crippen molar-refractivity contribution >= 4 is 5.91 Å². The first-order chi connectivity index (χ1) is 7.29. The molecule has 1 aliphatic rings. The molecule has 1 aliphatic heterocycles. The summed E-state index contributed by atoms with van der Waals surface area (Å²) in [4.78, 5) is 13.9. The summed E-state index contributed by atoms with van der Waals surface area (Å²) >= 11 is 0. The summed E-state index contributed by atoms with van der Waals surface area (Å²) in [7, 11) is 0. The number of carbonyl (C=O) groups is 1. The molecule has 2 rings (SSSR count). The van der Waals surface area contributed by atoms with Gasteiger partial charge in [-0.3, -0.25) is 4.79 Å². The van der Waals surface area contributed by atoms with Gasteiger partial charge in [0, 0.05) is 19.1 Å². The van der Waals surface area contributed by atoms with Crippen LogP contribution in [0.3, 0.4) is 0 Å². The van der Waals surface area contributed by atoms with Crippen LogP contribution in [0.25, 0.3) is 0 Å². The molecule has 1 unspecified atom stereocenters. The zero-order chi connectivity index (χ0) is 10.7. The van der Waals surface area contributed by atoms with Crippen LogP contribution in [-0.2, 0) is 0 Å². The minimum Gasteiger partial charge on any atom is -0.459 e. The van der Waals surface area contributed by atoms with E-state index in [-0.39, 0.29) is 11.9 Å². The van der Waals surface area contributed by atoms with E-state index < -0.39 is 0 Å². The van der Waals surface area contributed by atoms with E-state index in [0.717, 1.165) is 26.1 Å². The van der Waals surface area contributed by atoms with Gasteiger partial charge in [0.1, 0.15) is 0 Å². The van der Waals surface area contributed by atoms with Crippen molar-refractivity contribution in [2.24, 2.45) is 0 Å². The number of amides is 1. The molecule has 1 amide bonds. The molecule has 1 atom stereocenters. The van der Waals surface area contributed by atoms with E-state index in [4.69, 9.17) is 4.42 Å². The third-order valence-corrected chi connectivity index (χ3v) is 2.79. The molecular formula is C11H16N2O2. The van der Waals surface area contributed by atoms with Crippen molar-refractivity contribution in [1.29, 1.82) is 0 Å². The lowest BCUT2D eigenvalue weighted by Crippen LogP contribution is -2.39. The molecule has 1 aromatic heterocycles. The minimum absolute atomic E-state index is 0.00352. The van der Waals surface area contributed by atoms with Gasteiger partial charge in [-0.2, -0.15) is 0 Å². The number of nitrogens with one attached hydrogen (secondary N) is 1. The van der Waals surface area contributed by atoms with Gasteiger partial charge in [0.05, 0.1) is 6.26 Å². The number of hydrogen-bond acceptors (Lipinski definition) is 3. The highest BCUT2D eigenvalue weighted by Crippen LogP contribution is 2.12. The fourth-order valence-electron chi connectivity index (χ4n) is 1.86. The monoisotopic (exact) mass is 208 g/mol. The summed E-state index contributed by atoms with van der Waals surface area (Å²) in [5.74, 6) is 0.431. The lowest BCUT2D eigenvalue weighted by atomic mass is 10.2. The highest BCUT2D eigenvalue weighted by Gasteiger charge is 2.24. The second kappa shape index (κ2) is 4.49. The van der Waals surface area contributed by atoms with Gasteiger partial charge in [-0.05, 0) is 32.0 Å². The van der Waals surface area contributed by atoms with Gasteiger partial charge in [0.15, 0.2) is 5.76 Å². The quantitative estimate of drug-likeness (QED) is 0.751. The van der Waals surface area contributed by atoms with Crippen LogP contribution in [0.2, 0.25) is 0 Å². The van der Waals surface area contributed by atoms with Crippen molar-refractivity contribution in [2.45, 2.75) is 19.4 Å². The van der Waals surface area contributed by atoms with Gasteiger partial charge in [-0.15, -0.1) is 0 Å². The highest BCUT2D eigenvalue weighted by molar-refractivity contribution is 5.91. The van der Waals surface area contributed by atoms with Crippen molar-refractivity contribution in [2.75, 3.05) is 19.6 Å². The van der Waals surface area contributed by atoms with E-state index in [0.29, 0.717) is 5.76 Å². The van der Waals surface area contributed by atoms with Crippen LogP contribution in [0.5, 0.6) is 0 Å². The predicted molar refractivity (Wildman–Crippen MR) is 56.7 cm³/mol. The Kier molecular flexibility index (Phi) is 3.06. The Bertz CT molecular complexity index is 321. The lowest BCUT2D eigenvalue weighted by Gasteiger charge is -2.25. The standard InChI is InChI=1S/C11H16N2O2/c1-9-4-5-12-6-7-13(9)11(14)10-3-2-8-15-10/h2-3,8-9,12H,4-7H2,1H3. The Hall–Kier alpha value is -1.29. The molecule has 4 nitrogen and oxygen atoms in total. The summed E-state index contributed by atoms with van der Waals surface area (Å²) in [6.07, 6.45) is 2.53. The molecule has 0 aromatic carbocycles. The van der Waals surface area contributed by atoms with Gasteiger partial charge in [0.2, 0.25) is 0 Å². The van der Waals surface area contributed by atoms with Gasteiger partial charge in [-0.25, -0.2) is 0 Å². The van der Waals surface area contributed by atoms with E-state index in [2.05, 4.69) is 12.2 Å².